The van der Waals surface area contributed by atoms with Crippen LogP contribution in [0.15, 0.2) is 24.3 Å². The van der Waals surface area contributed by atoms with E-state index in [2.05, 4.69) is 5.32 Å². The Bertz CT molecular complexity index is 411. The van der Waals surface area contributed by atoms with E-state index >= 15 is 0 Å². The summed E-state index contributed by atoms with van der Waals surface area (Å²) < 4.78 is 39.2. The quantitative estimate of drug-likeness (QED) is 0.888. The minimum absolute atomic E-state index is 0.183. The van der Waals surface area contributed by atoms with Crippen LogP contribution >= 0.6 is 0 Å². The van der Waals surface area contributed by atoms with E-state index in [1.807, 2.05) is 0 Å². The van der Waals surface area contributed by atoms with Crippen LogP contribution < -0.4 is 11.1 Å². The number of nitrogens with one attached hydrogen (secondary N) is 1. The van der Waals surface area contributed by atoms with Gasteiger partial charge >= 0.3 is 6.18 Å². The molecule has 1 saturated heterocycles. The summed E-state index contributed by atoms with van der Waals surface area (Å²) in [7, 11) is 0. The normalized spacial score (nSPS) is 22.2. The largest absolute Gasteiger partial charge is 0.416 e. The molecule has 2 unspecified atom stereocenters. The Kier molecular flexibility index (Phi) is 4.47. The SMILES string of the molecule is NCC(c1ccccc1C(F)(F)F)C1CCCNC1. The molecule has 0 aliphatic carbocycles. The van der Waals surface area contributed by atoms with Crippen LogP contribution in [0.2, 0.25) is 0 Å². The molecule has 1 fully saturated rings. The van der Waals surface area contributed by atoms with E-state index < -0.39 is 11.7 Å². The molecule has 1 heterocycles. The zero-order valence-corrected chi connectivity index (χ0v) is 10.7. The van der Waals surface area contributed by atoms with Crippen LogP contribution in [-0.2, 0) is 6.18 Å². The summed E-state index contributed by atoms with van der Waals surface area (Å²) in [4.78, 5) is 0. The van der Waals surface area contributed by atoms with Gasteiger partial charge < -0.3 is 11.1 Å². The topological polar surface area (TPSA) is 38.0 Å². The van der Waals surface area contributed by atoms with Crippen LogP contribution in [0.25, 0.3) is 0 Å². The van der Waals surface area contributed by atoms with Gasteiger partial charge in [-0.2, -0.15) is 13.2 Å². The van der Waals surface area contributed by atoms with E-state index in [1.165, 1.54) is 6.07 Å². The lowest BCUT2D eigenvalue weighted by Crippen LogP contribution is -2.36. The molecule has 0 aromatic heterocycles. The molecular formula is C14H19F3N2. The standard InChI is InChI=1S/C14H19F3N2/c15-14(16,17)13-6-2-1-5-11(13)12(8-18)10-4-3-7-19-9-10/h1-2,5-6,10,12,19H,3-4,7-9,18H2. The number of piperidine rings is 1. The van der Waals surface area contributed by atoms with Crippen molar-refractivity contribution in [1.29, 1.82) is 0 Å². The molecule has 19 heavy (non-hydrogen) atoms. The van der Waals surface area contributed by atoms with Crippen molar-refractivity contribution in [3.8, 4) is 0 Å². The van der Waals surface area contributed by atoms with Gasteiger partial charge in [-0.1, -0.05) is 18.2 Å². The van der Waals surface area contributed by atoms with E-state index in [0.717, 1.165) is 32.0 Å². The van der Waals surface area contributed by atoms with Crippen molar-refractivity contribution in [2.45, 2.75) is 24.9 Å². The van der Waals surface area contributed by atoms with Gasteiger partial charge in [-0.15, -0.1) is 0 Å². The van der Waals surface area contributed by atoms with Gasteiger partial charge in [-0.25, -0.2) is 0 Å². The van der Waals surface area contributed by atoms with Gasteiger partial charge in [0.05, 0.1) is 5.56 Å². The summed E-state index contributed by atoms with van der Waals surface area (Å²) in [5.74, 6) is -0.0483. The fraction of sp³-hybridized carbons (Fsp3) is 0.571. The average Bonchev–Trinajstić information content (AvgIpc) is 2.40. The minimum Gasteiger partial charge on any atom is -0.330 e. The second-order valence-electron chi connectivity index (χ2n) is 5.03. The lowest BCUT2D eigenvalue weighted by atomic mass is 9.80. The first-order valence-corrected chi connectivity index (χ1v) is 6.61. The van der Waals surface area contributed by atoms with Crippen LogP contribution in [-0.4, -0.2) is 19.6 Å². The Labute approximate surface area is 111 Å². The predicted octanol–water partition coefficient (Wildman–Crippen LogP) is 2.75. The van der Waals surface area contributed by atoms with E-state index in [1.54, 1.807) is 12.1 Å². The molecule has 1 aromatic rings. The van der Waals surface area contributed by atoms with Crippen molar-refractivity contribution in [2.24, 2.45) is 11.7 Å². The van der Waals surface area contributed by atoms with Crippen molar-refractivity contribution in [1.82, 2.24) is 5.32 Å². The summed E-state index contributed by atoms with van der Waals surface area (Å²) in [6, 6.07) is 5.80. The molecule has 0 bridgehead atoms. The first-order chi connectivity index (χ1) is 9.04. The van der Waals surface area contributed by atoms with Crippen molar-refractivity contribution in [2.75, 3.05) is 19.6 Å². The zero-order valence-electron chi connectivity index (χ0n) is 10.7. The van der Waals surface area contributed by atoms with E-state index in [4.69, 9.17) is 5.73 Å². The number of rotatable bonds is 3. The number of nitrogens with two attached hydrogens (primary N) is 1. The highest BCUT2D eigenvalue weighted by molar-refractivity contribution is 5.33. The summed E-state index contributed by atoms with van der Waals surface area (Å²) in [5.41, 5.74) is 5.55. The van der Waals surface area contributed by atoms with Crippen LogP contribution in [0.5, 0.6) is 0 Å². The Morgan fingerprint density at radius 1 is 1.32 bits per heavy atom. The van der Waals surface area contributed by atoms with Crippen molar-refractivity contribution in [3.05, 3.63) is 35.4 Å². The molecule has 106 valence electrons. The molecule has 5 heteroatoms. The summed E-state index contributed by atoms with van der Waals surface area (Å²) in [6.45, 7) is 1.93. The number of hydrogen-bond acceptors (Lipinski definition) is 2. The fourth-order valence-corrected chi connectivity index (χ4v) is 2.87. The van der Waals surface area contributed by atoms with E-state index in [-0.39, 0.29) is 18.4 Å². The van der Waals surface area contributed by atoms with E-state index in [0.29, 0.717) is 5.56 Å². The predicted molar refractivity (Wildman–Crippen MR) is 68.8 cm³/mol. The summed E-state index contributed by atoms with van der Waals surface area (Å²) >= 11 is 0. The van der Waals surface area contributed by atoms with Crippen molar-refractivity contribution in [3.63, 3.8) is 0 Å². The molecular weight excluding hydrogens is 253 g/mol. The van der Waals surface area contributed by atoms with Gasteiger partial charge in [0.15, 0.2) is 0 Å². The Morgan fingerprint density at radius 2 is 2.05 bits per heavy atom. The molecule has 2 nitrogen and oxygen atoms in total. The summed E-state index contributed by atoms with van der Waals surface area (Å²) in [6.07, 6.45) is -2.39. The maximum atomic E-state index is 13.1. The van der Waals surface area contributed by atoms with Crippen molar-refractivity contribution >= 4 is 0 Å². The molecule has 0 amide bonds. The highest BCUT2D eigenvalue weighted by atomic mass is 19.4. The second-order valence-corrected chi connectivity index (χ2v) is 5.03. The molecule has 1 aliphatic rings. The monoisotopic (exact) mass is 272 g/mol. The van der Waals surface area contributed by atoms with Gasteiger partial charge in [-0.05, 0) is 50.0 Å². The Hall–Kier alpha value is -1.07. The van der Waals surface area contributed by atoms with Gasteiger partial charge in [0.1, 0.15) is 0 Å². The maximum Gasteiger partial charge on any atom is 0.416 e. The average molecular weight is 272 g/mol. The van der Waals surface area contributed by atoms with E-state index in [9.17, 15) is 13.2 Å². The number of benzene rings is 1. The Morgan fingerprint density at radius 3 is 2.63 bits per heavy atom. The van der Waals surface area contributed by atoms with Gasteiger partial charge in [0.2, 0.25) is 0 Å². The van der Waals surface area contributed by atoms with Gasteiger partial charge in [0, 0.05) is 5.92 Å². The third-order valence-electron chi connectivity index (χ3n) is 3.82. The number of halogens is 3. The number of hydrogen-bond donors (Lipinski definition) is 2. The first kappa shape index (κ1) is 14.3. The Balaban J connectivity index is 2.32. The first-order valence-electron chi connectivity index (χ1n) is 6.61. The smallest absolute Gasteiger partial charge is 0.330 e. The second kappa shape index (κ2) is 5.92. The van der Waals surface area contributed by atoms with Crippen LogP contribution in [0.4, 0.5) is 13.2 Å². The van der Waals surface area contributed by atoms with Crippen LogP contribution in [0.1, 0.15) is 29.9 Å². The third-order valence-corrected chi connectivity index (χ3v) is 3.82. The van der Waals surface area contributed by atoms with Gasteiger partial charge in [-0.3, -0.25) is 0 Å². The highest BCUT2D eigenvalue weighted by Crippen LogP contribution is 2.38. The molecule has 2 rings (SSSR count). The fourth-order valence-electron chi connectivity index (χ4n) is 2.87. The van der Waals surface area contributed by atoms with Crippen molar-refractivity contribution < 1.29 is 13.2 Å². The van der Waals surface area contributed by atoms with Crippen LogP contribution in [0.3, 0.4) is 0 Å². The summed E-state index contributed by atoms with van der Waals surface area (Å²) in [5, 5.41) is 3.24. The molecule has 0 saturated carbocycles. The zero-order chi connectivity index (χ0) is 13.9. The molecule has 2 atom stereocenters. The molecule has 3 N–H and O–H groups in total. The molecule has 1 aromatic carbocycles. The van der Waals surface area contributed by atoms with Gasteiger partial charge in [0.25, 0.3) is 0 Å². The third kappa shape index (κ3) is 3.28. The maximum absolute atomic E-state index is 13.1. The lowest BCUT2D eigenvalue weighted by Gasteiger charge is -2.31. The molecule has 0 spiro atoms. The highest BCUT2D eigenvalue weighted by Gasteiger charge is 2.36. The lowest BCUT2D eigenvalue weighted by molar-refractivity contribution is -0.138. The molecule has 0 radical (unpaired) electrons. The minimum atomic E-state index is -4.31. The molecule has 1 aliphatic heterocycles. The number of alkyl halides is 3. The van der Waals surface area contributed by atoms with Crippen LogP contribution in [0, 0.1) is 5.92 Å².